The third-order valence-corrected chi connectivity index (χ3v) is 3.71. The van der Waals surface area contributed by atoms with Crippen LogP contribution in [-0.4, -0.2) is 23.9 Å². The quantitative estimate of drug-likeness (QED) is 0.566. The van der Waals surface area contributed by atoms with Gasteiger partial charge in [-0.15, -0.1) is 0 Å². The van der Waals surface area contributed by atoms with E-state index >= 15 is 0 Å². The lowest BCUT2D eigenvalue weighted by Crippen LogP contribution is -2.43. The highest BCUT2D eigenvalue weighted by Gasteiger charge is 2.41. The van der Waals surface area contributed by atoms with Gasteiger partial charge >= 0.3 is 0 Å². The fourth-order valence-electron chi connectivity index (χ4n) is 2.66. The second-order valence-electron chi connectivity index (χ2n) is 5.38. The van der Waals surface area contributed by atoms with Gasteiger partial charge in [0.2, 0.25) is 5.91 Å². The van der Waals surface area contributed by atoms with Crippen LogP contribution in [0, 0.1) is 16.7 Å². The molecule has 3 nitrogen and oxygen atoms in total. The van der Waals surface area contributed by atoms with Crippen LogP contribution in [0.15, 0.2) is 12.2 Å². The van der Waals surface area contributed by atoms with Crippen LogP contribution < -0.4 is 0 Å². The largest absolute Gasteiger partial charge is 0.338 e. The predicted octanol–water partition coefficient (Wildman–Crippen LogP) is 3.28. The normalized spacial score (nSPS) is 18.5. The highest BCUT2D eigenvalue weighted by molar-refractivity contribution is 5.85. The predicted molar refractivity (Wildman–Crippen MR) is 72.8 cm³/mol. The maximum atomic E-state index is 12.6. The maximum Gasteiger partial charge on any atom is 0.243 e. The van der Waals surface area contributed by atoms with Crippen LogP contribution in [-0.2, 0) is 4.79 Å². The first kappa shape index (κ1) is 14.8. The Kier molecular flexibility index (Phi) is 5.40. The summed E-state index contributed by atoms with van der Waals surface area (Å²) in [6.45, 7) is 8.96. The van der Waals surface area contributed by atoms with Gasteiger partial charge in [-0.3, -0.25) is 4.79 Å². The molecule has 0 aromatic heterocycles. The highest BCUT2D eigenvalue weighted by Crippen LogP contribution is 2.36. The molecule has 0 aromatic carbocycles. The van der Waals surface area contributed by atoms with Crippen LogP contribution in [0.25, 0.3) is 0 Å². The molecule has 0 spiro atoms. The molecular weight excluding hydrogens is 224 g/mol. The van der Waals surface area contributed by atoms with Gasteiger partial charge < -0.3 is 4.90 Å². The van der Waals surface area contributed by atoms with Crippen molar-refractivity contribution in [3.05, 3.63) is 12.2 Å². The molecule has 0 atom stereocenters. The summed E-state index contributed by atoms with van der Waals surface area (Å²) in [6, 6.07) is 2.32. The number of amides is 1. The molecule has 0 aromatic rings. The van der Waals surface area contributed by atoms with Gasteiger partial charge in [-0.2, -0.15) is 5.26 Å². The van der Waals surface area contributed by atoms with E-state index in [1.165, 1.54) is 0 Å². The summed E-state index contributed by atoms with van der Waals surface area (Å²) in [7, 11) is 0. The van der Waals surface area contributed by atoms with Gasteiger partial charge in [0.25, 0.3) is 0 Å². The molecule has 1 amide bonds. The smallest absolute Gasteiger partial charge is 0.243 e. The van der Waals surface area contributed by atoms with Crippen molar-refractivity contribution in [3.8, 4) is 6.07 Å². The van der Waals surface area contributed by atoms with Crippen LogP contribution in [0.5, 0.6) is 0 Å². The Hall–Kier alpha value is -1.30. The Balaban J connectivity index is 2.88. The van der Waals surface area contributed by atoms with E-state index in [1.54, 1.807) is 4.90 Å². The van der Waals surface area contributed by atoms with Crippen LogP contribution in [0.4, 0.5) is 0 Å². The van der Waals surface area contributed by atoms with Gasteiger partial charge in [0.15, 0.2) is 0 Å². The third kappa shape index (κ3) is 3.35. The van der Waals surface area contributed by atoms with Crippen molar-refractivity contribution in [1.29, 1.82) is 5.26 Å². The van der Waals surface area contributed by atoms with E-state index in [1.807, 2.05) is 13.8 Å². The SMILES string of the molecule is C=C(C)CN(CC)C(=O)C1(C#N)CCCCCC1. The summed E-state index contributed by atoms with van der Waals surface area (Å²) in [5, 5.41) is 9.50. The van der Waals surface area contributed by atoms with Gasteiger partial charge in [-0.1, -0.05) is 37.8 Å². The molecule has 3 heteroatoms. The standard InChI is InChI=1S/C15H24N2O/c1-4-17(11-13(2)3)14(18)15(12-16)9-7-5-6-8-10-15/h2,4-11H2,1,3H3. The summed E-state index contributed by atoms with van der Waals surface area (Å²) < 4.78 is 0. The summed E-state index contributed by atoms with van der Waals surface area (Å²) >= 11 is 0. The maximum absolute atomic E-state index is 12.6. The van der Waals surface area contributed by atoms with Crippen molar-refractivity contribution in [2.75, 3.05) is 13.1 Å². The number of hydrogen-bond donors (Lipinski definition) is 0. The van der Waals surface area contributed by atoms with Crippen LogP contribution in [0.3, 0.4) is 0 Å². The van der Waals surface area contributed by atoms with E-state index in [0.29, 0.717) is 13.1 Å². The molecule has 1 fully saturated rings. The molecule has 1 aliphatic carbocycles. The number of carbonyl (C=O) groups is 1. The number of nitriles is 1. The lowest BCUT2D eigenvalue weighted by molar-refractivity contribution is -0.139. The zero-order chi connectivity index (χ0) is 13.6. The molecule has 0 N–H and O–H groups in total. The first-order chi connectivity index (χ1) is 8.55. The Morgan fingerprint density at radius 2 is 1.89 bits per heavy atom. The number of likely N-dealkylation sites (N-methyl/N-ethyl adjacent to an activating group) is 1. The summed E-state index contributed by atoms with van der Waals surface area (Å²) in [5.74, 6) is 0.0115. The minimum atomic E-state index is -0.776. The lowest BCUT2D eigenvalue weighted by atomic mass is 9.80. The van der Waals surface area contributed by atoms with Crippen LogP contribution >= 0.6 is 0 Å². The molecule has 18 heavy (non-hydrogen) atoms. The molecule has 100 valence electrons. The average Bonchev–Trinajstić information content (AvgIpc) is 2.61. The molecule has 0 unspecified atom stereocenters. The van der Waals surface area contributed by atoms with E-state index in [4.69, 9.17) is 0 Å². The zero-order valence-corrected chi connectivity index (χ0v) is 11.7. The van der Waals surface area contributed by atoms with Crippen molar-refractivity contribution in [1.82, 2.24) is 4.90 Å². The van der Waals surface area contributed by atoms with E-state index in [0.717, 1.165) is 44.1 Å². The van der Waals surface area contributed by atoms with E-state index < -0.39 is 5.41 Å². The van der Waals surface area contributed by atoms with Gasteiger partial charge in [-0.05, 0) is 26.7 Å². The molecular formula is C15H24N2O. The topological polar surface area (TPSA) is 44.1 Å². The first-order valence-electron chi connectivity index (χ1n) is 6.91. The summed E-state index contributed by atoms with van der Waals surface area (Å²) in [5.41, 5.74) is 0.189. The molecule has 0 radical (unpaired) electrons. The minimum Gasteiger partial charge on any atom is -0.338 e. The zero-order valence-electron chi connectivity index (χ0n) is 11.7. The highest BCUT2D eigenvalue weighted by atomic mass is 16.2. The van der Waals surface area contributed by atoms with Crippen molar-refractivity contribution < 1.29 is 4.79 Å². The Morgan fingerprint density at radius 1 is 1.33 bits per heavy atom. The van der Waals surface area contributed by atoms with Gasteiger partial charge in [0.1, 0.15) is 5.41 Å². The molecule has 0 aliphatic heterocycles. The molecule has 1 saturated carbocycles. The number of rotatable bonds is 4. The monoisotopic (exact) mass is 248 g/mol. The molecule has 1 aliphatic rings. The third-order valence-electron chi connectivity index (χ3n) is 3.71. The van der Waals surface area contributed by atoms with Crippen molar-refractivity contribution >= 4 is 5.91 Å². The fraction of sp³-hybridized carbons (Fsp3) is 0.733. The molecule has 0 heterocycles. The molecule has 0 bridgehead atoms. The van der Waals surface area contributed by atoms with Gasteiger partial charge in [0.05, 0.1) is 6.07 Å². The number of hydrogen-bond acceptors (Lipinski definition) is 2. The first-order valence-corrected chi connectivity index (χ1v) is 6.91. The van der Waals surface area contributed by atoms with E-state index in [9.17, 15) is 10.1 Å². The average molecular weight is 248 g/mol. The van der Waals surface area contributed by atoms with Crippen molar-refractivity contribution in [3.63, 3.8) is 0 Å². The van der Waals surface area contributed by atoms with Crippen molar-refractivity contribution in [2.24, 2.45) is 5.41 Å². The van der Waals surface area contributed by atoms with Gasteiger partial charge in [0, 0.05) is 13.1 Å². The second kappa shape index (κ2) is 6.58. The minimum absolute atomic E-state index is 0.0115. The second-order valence-corrected chi connectivity index (χ2v) is 5.38. The summed E-state index contributed by atoms with van der Waals surface area (Å²) in [6.07, 6.45) is 5.70. The van der Waals surface area contributed by atoms with Crippen LogP contribution in [0.1, 0.15) is 52.4 Å². The Bertz CT molecular complexity index is 346. The fourth-order valence-corrected chi connectivity index (χ4v) is 2.66. The van der Waals surface area contributed by atoms with E-state index in [2.05, 4.69) is 12.6 Å². The number of nitrogens with zero attached hydrogens (tertiary/aromatic N) is 2. The Labute approximate surface area is 110 Å². The number of carbonyl (C=O) groups excluding carboxylic acids is 1. The van der Waals surface area contributed by atoms with Gasteiger partial charge in [-0.25, -0.2) is 0 Å². The molecule has 0 saturated heterocycles. The van der Waals surface area contributed by atoms with Crippen molar-refractivity contribution in [2.45, 2.75) is 52.4 Å². The van der Waals surface area contributed by atoms with E-state index in [-0.39, 0.29) is 5.91 Å². The molecule has 1 rings (SSSR count). The lowest BCUT2D eigenvalue weighted by Gasteiger charge is -2.31. The summed E-state index contributed by atoms with van der Waals surface area (Å²) in [4.78, 5) is 14.4. The van der Waals surface area contributed by atoms with Crippen LogP contribution in [0.2, 0.25) is 0 Å². The Morgan fingerprint density at radius 3 is 2.28 bits per heavy atom.